The molecular weight excluding hydrogens is 230 g/mol. The number of fused-ring (bicyclic) bond motifs is 1. The molecule has 0 spiro atoms. The highest BCUT2D eigenvalue weighted by atomic mass is 79.9. The average molecular weight is 244 g/mol. The molecule has 0 saturated carbocycles. The summed E-state index contributed by atoms with van der Waals surface area (Å²) in [4.78, 5) is 4.25. The minimum atomic E-state index is 0.753. The summed E-state index contributed by atoms with van der Waals surface area (Å²) in [5.74, 6) is 0.753. The van der Waals surface area contributed by atoms with Gasteiger partial charge in [0.1, 0.15) is 0 Å². The first-order valence-corrected chi connectivity index (χ1v) is 5.45. The second-order valence-electron chi connectivity index (χ2n) is 3.59. The first-order chi connectivity index (χ1) is 6.31. The van der Waals surface area contributed by atoms with E-state index in [4.69, 9.17) is 0 Å². The Morgan fingerprint density at radius 1 is 1.77 bits per heavy atom. The van der Waals surface area contributed by atoms with Crippen LogP contribution < -0.4 is 5.32 Å². The van der Waals surface area contributed by atoms with Crippen LogP contribution in [0.1, 0.15) is 12.1 Å². The molecule has 2 rings (SSSR count). The van der Waals surface area contributed by atoms with Gasteiger partial charge in [0.15, 0.2) is 4.73 Å². The molecular formula is C9H14BrN3. The maximum atomic E-state index is 4.25. The van der Waals surface area contributed by atoms with Gasteiger partial charge in [0.25, 0.3) is 0 Å². The predicted molar refractivity (Wildman–Crippen MR) is 55.7 cm³/mol. The normalized spacial score (nSPS) is 21.5. The molecule has 1 aliphatic heterocycles. The summed E-state index contributed by atoms with van der Waals surface area (Å²) in [6, 6.07) is 0. The molecule has 0 aliphatic carbocycles. The molecule has 0 fully saturated rings. The lowest BCUT2D eigenvalue weighted by Gasteiger charge is -2.24. The first kappa shape index (κ1) is 9.21. The Kier molecular flexibility index (Phi) is 2.69. The monoisotopic (exact) mass is 243 g/mol. The van der Waals surface area contributed by atoms with Gasteiger partial charge in [-0.2, -0.15) is 0 Å². The second-order valence-corrected chi connectivity index (χ2v) is 4.30. The maximum Gasteiger partial charge on any atom is 0.177 e. The Bertz CT molecular complexity index is 295. The van der Waals surface area contributed by atoms with Gasteiger partial charge in [-0.05, 0) is 48.3 Å². The predicted octanol–water partition coefficient (Wildman–Crippen LogP) is 1.43. The standard InChI is InChI=1S/C9H14BrN3/c1-11-4-7-2-3-8-5-12-9(10)13(8)6-7/h5,7,11H,2-4,6H2,1H3. The summed E-state index contributed by atoms with van der Waals surface area (Å²) in [5, 5.41) is 3.23. The van der Waals surface area contributed by atoms with Crippen LogP contribution in [-0.4, -0.2) is 23.1 Å². The van der Waals surface area contributed by atoms with Crippen LogP contribution in [0.2, 0.25) is 0 Å². The molecule has 3 nitrogen and oxygen atoms in total. The molecule has 0 saturated heterocycles. The zero-order chi connectivity index (χ0) is 9.26. The minimum absolute atomic E-state index is 0.753. The molecule has 0 bridgehead atoms. The molecule has 1 aromatic heterocycles. The van der Waals surface area contributed by atoms with E-state index in [1.165, 1.54) is 12.1 Å². The van der Waals surface area contributed by atoms with E-state index in [-0.39, 0.29) is 0 Å². The molecule has 1 unspecified atom stereocenters. The van der Waals surface area contributed by atoms with Crippen LogP contribution in [0.25, 0.3) is 0 Å². The van der Waals surface area contributed by atoms with Crippen LogP contribution in [-0.2, 0) is 13.0 Å². The minimum Gasteiger partial charge on any atom is -0.322 e. The Morgan fingerprint density at radius 3 is 3.38 bits per heavy atom. The van der Waals surface area contributed by atoms with Gasteiger partial charge in [-0.15, -0.1) is 0 Å². The van der Waals surface area contributed by atoms with Crippen molar-refractivity contribution < 1.29 is 0 Å². The zero-order valence-corrected chi connectivity index (χ0v) is 9.34. The van der Waals surface area contributed by atoms with Crippen LogP contribution in [0.5, 0.6) is 0 Å². The number of nitrogens with zero attached hydrogens (tertiary/aromatic N) is 2. The summed E-state index contributed by atoms with van der Waals surface area (Å²) in [7, 11) is 2.01. The smallest absolute Gasteiger partial charge is 0.177 e. The van der Waals surface area contributed by atoms with Gasteiger partial charge in [0.2, 0.25) is 0 Å². The molecule has 1 aromatic rings. The third-order valence-electron chi connectivity index (χ3n) is 2.63. The number of rotatable bonds is 2. The van der Waals surface area contributed by atoms with Crippen molar-refractivity contribution in [3.63, 3.8) is 0 Å². The zero-order valence-electron chi connectivity index (χ0n) is 7.76. The van der Waals surface area contributed by atoms with Gasteiger partial charge in [-0.25, -0.2) is 4.98 Å². The highest BCUT2D eigenvalue weighted by Gasteiger charge is 2.19. The Balaban J connectivity index is 2.13. The van der Waals surface area contributed by atoms with Gasteiger partial charge in [0, 0.05) is 18.4 Å². The van der Waals surface area contributed by atoms with Crippen molar-refractivity contribution in [3.05, 3.63) is 16.6 Å². The van der Waals surface area contributed by atoms with Gasteiger partial charge in [-0.3, -0.25) is 0 Å². The van der Waals surface area contributed by atoms with Crippen LogP contribution in [0.3, 0.4) is 0 Å². The molecule has 0 aromatic carbocycles. The van der Waals surface area contributed by atoms with Crippen LogP contribution in [0, 0.1) is 5.92 Å². The lowest BCUT2D eigenvalue weighted by atomic mass is 9.98. The Labute approximate surface area is 86.7 Å². The SMILES string of the molecule is CNCC1CCc2cnc(Br)n2C1. The van der Waals surface area contributed by atoms with E-state index in [9.17, 15) is 0 Å². The second kappa shape index (κ2) is 3.80. The molecule has 1 aliphatic rings. The Hall–Kier alpha value is -0.350. The number of aromatic nitrogens is 2. The molecule has 0 radical (unpaired) electrons. The number of halogens is 1. The fourth-order valence-corrected chi connectivity index (χ4v) is 2.41. The molecule has 2 heterocycles. The summed E-state index contributed by atoms with van der Waals surface area (Å²) >= 11 is 3.46. The van der Waals surface area contributed by atoms with Crippen molar-refractivity contribution in [1.29, 1.82) is 0 Å². The van der Waals surface area contributed by atoms with Gasteiger partial charge >= 0.3 is 0 Å². The van der Waals surface area contributed by atoms with E-state index in [2.05, 4.69) is 30.8 Å². The van der Waals surface area contributed by atoms with E-state index in [1.807, 2.05) is 13.2 Å². The number of hydrogen-bond acceptors (Lipinski definition) is 2. The van der Waals surface area contributed by atoms with Crippen molar-refractivity contribution in [3.8, 4) is 0 Å². The number of imidazole rings is 1. The number of hydrogen-bond donors (Lipinski definition) is 1. The number of nitrogens with one attached hydrogen (secondary N) is 1. The van der Waals surface area contributed by atoms with Crippen molar-refractivity contribution in [2.45, 2.75) is 19.4 Å². The maximum absolute atomic E-state index is 4.25. The largest absolute Gasteiger partial charge is 0.322 e. The number of aryl methyl sites for hydroxylation is 1. The molecule has 1 atom stereocenters. The van der Waals surface area contributed by atoms with E-state index in [0.29, 0.717) is 0 Å². The molecule has 13 heavy (non-hydrogen) atoms. The highest BCUT2D eigenvalue weighted by Crippen LogP contribution is 2.23. The third kappa shape index (κ3) is 1.79. The van der Waals surface area contributed by atoms with E-state index in [1.54, 1.807) is 0 Å². The van der Waals surface area contributed by atoms with Crippen LogP contribution >= 0.6 is 15.9 Å². The highest BCUT2D eigenvalue weighted by molar-refractivity contribution is 9.10. The topological polar surface area (TPSA) is 29.9 Å². The fourth-order valence-electron chi connectivity index (χ4n) is 1.93. The quantitative estimate of drug-likeness (QED) is 0.852. The summed E-state index contributed by atoms with van der Waals surface area (Å²) in [6.45, 7) is 2.20. The first-order valence-electron chi connectivity index (χ1n) is 4.65. The van der Waals surface area contributed by atoms with Crippen LogP contribution in [0.15, 0.2) is 10.9 Å². The lowest BCUT2D eigenvalue weighted by Crippen LogP contribution is -2.28. The molecule has 72 valence electrons. The van der Waals surface area contributed by atoms with Crippen LogP contribution in [0.4, 0.5) is 0 Å². The van der Waals surface area contributed by atoms with E-state index >= 15 is 0 Å². The summed E-state index contributed by atoms with van der Waals surface area (Å²) in [5.41, 5.74) is 1.36. The van der Waals surface area contributed by atoms with Gasteiger partial charge < -0.3 is 9.88 Å². The van der Waals surface area contributed by atoms with Crippen molar-refractivity contribution in [1.82, 2.24) is 14.9 Å². The van der Waals surface area contributed by atoms with E-state index < -0.39 is 0 Å². The Morgan fingerprint density at radius 2 is 2.62 bits per heavy atom. The summed E-state index contributed by atoms with van der Waals surface area (Å²) in [6.07, 6.45) is 4.41. The lowest BCUT2D eigenvalue weighted by molar-refractivity contribution is 0.357. The molecule has 0 amide bonds. The third-order valence-corrected chi connectivity index (χ3v) is 3.26. The van der Waals surface area contributed by atoms with Crippen molar-refractivity contribution in [2.75, 3.05) is 13.6 Å². The van der Waals surface area contributed by atoms with Crippen molar-refractivity contribution >= 4 is 15.9 Å². The van der Waals surface area contributed by atoms with E-state index in [0.717, 1.165) is 30.2 Å². The van der Waals surface area contributed by atoms with Gasteiger partial charge in [-0.1, -0.05) is 0 Å². The molecule has 1 N–H and O–H groups in total. The average Bonchev–Trinajstić information content (AvgIpc) is 2.49. The summed E-state index contributed by atoms with van der Waals surface area (Å²) < 4.78 is 3.24. The molecule has 4 heteroatoms. The van der Waals surface area contributed by atoms with Crippen molar-refractivity contribution in [2.24, 2.45) is 5.92 Å². The van der Waals surface area contributed by atoms with Gasteiger partial charge in [0.05, 0.1) is 0 Å². The fraction of sp³-hybridized carbons (Fsp3) is 0.667.